The Hall–Kier alpha value is -1.53. The quantitative estimate of drug-likeness (QED) is 0.665. The van der Waals surface area contributed by atoms with Crippen molar-refractivity contribution in [1.29, 1.82) is 0 Å². The van der Waals surface area contributed by atoms with Crippen molar-refractivity contribution >= 4 is 40.3 Å². The monoisotopic (exact) mass is 281 g/mol. The summed E-state index contributed by atoms with van der Waals surface area (Å²) in [4.78, 5) is 13.7. The molecule has 1 saturated heterocycles. The van der Waals surface area contributed by atoms with E-state index in [1.54, 1.807) is 32.4 Å². The summed E-state index contributed by atoms with van der Waals surface area (Å²) in [5.74, 6) is 0.551. The number of phenolic OH excluding ortho intramolecular Hbond substituents is 1. The molecule has 1 aliphatic rings. The van der Waals surface area contributed by atoms with Crippen LogP contribution in [0.15, 0.2) is 23.1 Å². The molecule has 0 saturated carbocycles. The molecule has 1 amide bonds. The highest BCUT2D eigenvalue weighted by Crippen LogP contribution is 2.34. The first kappa shape index (κ1) is 12.9. The van der Waals surface area contributed by atoms with Gasteiger partial charge in [0, 0.05) is 12.6 Å². The zero-order chi connectivity index (χ0) is 13.3. The van der Waals surface area contributed by atoms with Gasteiger partial charge < -0.3 is 9.84 Å². The largest absolute Gasteiger partial charge is 0.507 e. The third-order valence-electron chi connectivity index (χ3n) is 2.51. The lowest BCUT2D eigenvalue weighted by molar-refractivity contribution is -0.121. The SMILES string of the molecule is COc1ccc(O)c(/C=C2/SC(=S)N(C)C2=O)c1. The number of amides is 1. The number of aromatic hydroxyl groups is 1. The molecule has 0 bridgehead atoms. The molecule has 0 spiro atoms. The second-order valence-corrected chi connectivity index (χ2v) is 5.34. The van der Waals surface area contributed by atoms with Crippen LogP contribution >= 0.6 is 24.0 Å². The number of methoxy groups -OCH3 is 1. The molecule has 0 radical (unpaired) electrons. The maximum atomic E-state index is 11.8. The number of hydrogen-bond acceptors (Lipinski definition) is 5. The second kappa shape index (κ2) is 4.99. The van der Waals surface area contributed by atoms with Crippen LogP contribution in [0.1, 0.15) is 5.56 Å². The molecule has 0 unspecified atom stereocenters. The van der Waals surface area contributed by atoms with E-state index in [4.69, 9.17) is 17.0 Å². The van der Waals surface area contributed by atoms with Crippen LogP contribution < -0.4 is 4.74 Å². The molecule has 18 heavy (non-hydrogen) atoms. The normalized spacial score (nSPS) is 17.7. The Kier molecular flexibility index (Phi) is 3.58. The number of carbonyl (C=O) groups excluding carboxylic acids is 1. The number of ether oxygens (including phenoxy) is 1. The number of hydrogen-bond donors (Lipinski definition) is 1. The highest BCUT2D eigenvalue weighted by atomic mass is 32.2. The summed E-state index contributed by atoms with van der Waals surface area (Å²) < 4.78 is 5.58. The molecule has 6 heteroatoms. The van der Waals surface area contributed by atoms with Crippen molar-refractivity contribution < 1.29 is 14.6 Å². The Balaban J connectivity index is 2.39. The van der Waals surface area contributed by atoms with Crippen LogP contribution in [0, 0.1) is 0 Å². The van der Waals surface area contributed by atoms with Gasteiger partial charge in [-0.3, -0.25) is 9.69 Å². The number of benzene rings is 1. The van der Waals surface area contributed by atoms with E-state index < -0.39 is 0 Å². The van der Waals surface area contributed by atoms with Gasteiger partial charge in [-0.05, 0) is 24.3 Å². The fourth-order valence-corrected chi connectivity index (χ4v) is 2.63. The Bertz CT molecular complexity index is 554. The molecule has 1 N–H and O–H groups in total. The number of thiocarbonyl (C=S) groups is 1. The van der Waals surface area contributed by atoms with Gasteiger partial charge in [0.15, 0.2) is 0 Å². The Labute approximate surface area is 114 Å². The van der Waals surface area contributed by atoms with Gasteiger partial charge >= 0.3 is 0 Å². The van der Waals surface area contributed by atoms with E-state index in [9.17, 15) is 9.90 Å². The summed E-state index contributed by atoms with van der Waals surface area (Å²) in [6, 6.07) is 4.84. The summed E-state index contributed by atoms with van der Waals surface area (Å²) in [5.41, 5.74) is 0.531. The van der Waals surface area contributed by atoms with Crippen LogP contribution in [-0.2, 0) is 4.79 Å². The topological polar surface area (TPSA) is 49.8 Å². The zero-order valence-electron chi connectivity index (χ0n) is 9.84. The number of rotatable bonds is 2. The van der Waals surface area contributed by atoms with Crippen LogP contribution in [-0.4, -0.2) is 34.4 Å². The molecular formula is C12H11NO3S2. The molecule has 4 nitrogen and oxygen atoms in total. The number of phenols is 1. The van der Waals surface area contributed by atoms with Gasteiger partial charge in [-0.15, -0.1) is 0 Å². The highest BCUT2D eigenvalue weighted by molar-refractivity contribution is 8.26. The first-order chi connectivity index (χ1) is 8.52. The van der Waals surface area contributed by atoms with Crippen LogP contribution in [0.5, 0.6) is 11.5 Å². The highest BCUT2D eigenvalue weighted by Gasteiger charge is 2.28. The standard InChI is InChI=1S/C12H11NO3S2/c1-13-11(15)10(18-12(13)17)6-7-5-8(16-2)3-4-9(7)14/h3-6,14H,1-2H3/b10-6+. The first-order valence-electron chi connectivity index (χ1n) is 5.11. The van der Waals surface area contributed by atoms with Gasteiger partial charge in [0.2, 0.25) is 0 Å². The minimum absolute atomic E-state index is 0.0946. The predicted octanol–water partition coefficient (Wildman–Crippen LogP) is 2.23. The third-order valence-corrected chi connectivity index (χ3v) is 3.99. The third kappa shape index (κ3) is 2.34. The van der Waals surface area contributed by atoms with E-state index in [1.165, 1.54) is 22.7 Å². The Morgan fingerprint density at radius 1 is 1.50 bits per heavy atom. The van der Waals surface area contributed by atoms with E-state index in [-0.39, 0.29) is 11.7 Å². The summed E-state index contributed by atoms with van der Waals surface area (Å²) in [6.45, 7) is 0. The van der Waals surface area contributed by atoms with Crippen molar-refractivity contribution in [3.8, 4) is 11.5 Å². The average Bonchev–Trinajstić information content (AvgIpc) is 2.60. The molecule has 1 aliphatic heterocycles. The predicted molar refractivity (Wildman–Crippen MR) is 75.6 cm³/mol. The minimum Gasteiger partial charge on any atom is -0.507 e. The maximum absolute atomic E-state index is 11.8. The van der Waals surface area contributed by atoms with Gasteiger partial charge in [0.25, 0.3) is 5.91 Å². The summed E-state index contributed by atoms with van der Waals surface area (Å²) in [5, 5.41) is 9.74. The second-order valence-electron chi connectivity index (χ2n) is 3.67. The van der Waals surface area contributed by atoms with Gasteiger partial charge in [0.1, 0.15) is 15.8 Å². The molecule has 1 aromatic carbocycles. The molecule has 0 atom stereocenters. The Morgan fingerprint density at radius 3 is 2.78 bits per heavy atom. The van der Waals surface area contributed by atoms with Gasteiger partial charge in [-0.2, -0.15) is 0 Å². The van der Waals surface area contributed by atoms with E-state index >= 15 is 0 Å². The van der Waals surface area contributed by atoms with E-state index in [1.807, 2.05) is 0 Å². The molecule has 1 fully saturated rings. The smallest absolute Gasteiger partial charge is 0.265 e. The number of nitrogens with zero attached hydrogens (tertiary/aromatic N) is 1. The molecular weight excluding hydrogens is 270 g/mol. The fourth-order valence-electron chi connectivity index (χ4n) is 1.46. The van der Waals surface area contributed by atoms with Crippen LogP contribution in [0.25, 0.3) is 6.08 Å². The minimum atomic E-state index is -0.160. The summed E-state index contributed by atoms with van der Waals surface area (Å²) in [7, 11) is 3.17. The summed E-state index contributed by atoms with van der Waals surface area (Å²) >= 11 is 6.25. The van der Waals surface area contributed by atoms with Crippen molar-refractivity contribution in [2.75, 3.05) is 14.2 Å². The average molecular weight is 281 g/mol. The van der Waals surface area contributed by atoms with E-state index in [2.05, 4.69) is 0 Å². The van der Waals surface area contributed by atoms with E-state index in [0.29, 0.717) is 20.5 Å². The Morgan fingerprint density at radius 2 is 2.22 bits per heavy atom. The van der Waals surface area contributed by atoms with Gasteiger partial charge in [-0.1, -0.05) is 24.0 Å². The lowest BCUT2D eigenvalue weighted by Crippen LogP contribution is -2.22. The van der Waals surface area contributed by atoms with Crippen molar-refractivity contribution in [2.45, 2.75) is 0 Å². The maximum Gasteiger partial charge on any atom is 0.265 e. The zero-order valence-corrected chi connectivity index (χ0v) is 11.5. The van der Waals surface area contributed by atoms with Gasteiger partial charge in [-0.25, -0.2) is 0 Å². The molecule has 0 aromatic heterocycles. The van der Waals surface area contributed by atoms with Crippen molar-refractivity contribution in [1.82, 2.24) is 4.90 Å². The van der Waals surface area contributed by atoms with Crippen LogP contribution in [0.4, 0.5) is 0 Å². The lowest BCUT2D eigenvalue weighted by Gasteiger charge is -2.05. The van der Waals surface area contributed by atoms with Crippen molar-refractivity contribution in [2.24, 2.45) is 0 Å². The first-order valence-corrected chi connectivity index (χ1v) is 6.34. The van der Waals surface area contributed by atoms with Gasteiger partial charge in [0.05, 0.1) is 12.0 Å². The van der Waals surface area contributed by atoms with Crippen molar-refractivity contribution in [3.05, 3.63) is 28.7 Å². The van der Waals surface area contributed by atoms with Crippen LogP contribution in [0.2, 0.25) is 0 Å². The molecule has 1 heterocycles. The van der Waals surface area contributed by atoms with E-state index in [0.717, 1.165) is 0 Å². The number of thioether (sulfide) groups is 1. The fraction of sp³-hybridized carbons (Fsp3) is 0.167. The molecule has 94 valence electrons. The number of likely N-dealkylation sites (N-methyl/N-ethyl adjacent to an activating group) is 1. The molecule has 1 aromatic rings. The molecule has 0 aliphatic carbocycles. The molecule has 2 rings (SSSR count). The van der Waals surface area contributed by atoms with Crippen molar-refractivity contribution in [3.63, 3.8) is 0 Å². The lowest BCUT2D eigenvalue weighted by atomic mass is 10.1. The van der Waals surface area contributed by atoms with Crippen LogP contribution in [0.3, 0.4) is 0 Å². The number of carbonyl (C=O) groups is 1. The summed E-state index contributed by atoms with van der Waals surface area (Å²) in [6.07, 6.45) is 1.61.